The average molecular weight is 201 g/mol. The Kier molecular flexibility index (Phi) is 3.08. The molecule has 1 N–H and O–H groups in total. The number of nitrogens with one attached hydrogen (secondary N) is 1. The average Bonchev–Trinajstić information content (AvgIpc) is 2.10. The van der Waals surface area contributed by atoms with Gasteiger partial charge in [-0.1, -0.05) is 18.2 Å². The van der Waals surface area contributed by atoms with Crippen LogP contribution in [0.15, 0.2) is 17.7 Å². The van der Waals surface area contributed by atoms with Gasteiger partial charge in [0, 0.05) is 0 Å². The summed E-state index contributed by atoms with van der Waals surface area (Å²) in [5.41, 5.74) is -0.111. The summed E-state index contributed by atoms with van der Waals surface area (Å²) in [6.07, 6.45) is 1.26. The van der Waals surface area contributed by atoms with Gasteiger partial charge < -0.3 is 9.72 Å². The molecule has 0 spiro atoms. The molecule has 1 rings (SSSR count). The van der Waals surface area contributed by atoms with Gasteiger partial charge in [-0.3, -0.25) is 4.79 Å². The zero-order valence-corrected chi connectivity index (χ0v) is 7.89. The van der Waals surface area contributed by atoms with E-state index in [9.17, 15) is 4.79 Å². The van der Waals surface area contributed by atoms with E-state index < -0.39 is 5.56 Å². The van der Waals surface area contributed by atoms with Crippen LogP contribution in [-0.2, 0) is 4.74 Å². The maximum atomic E-state index is 11.0. The van der Waals surface area contributed by atoms with E-state index in [1.807, 2.05) is 6.92 Å². The molecule has 0 aromatic carbocycles. The van der Waals surface area contributed by atoms with Crippen molar-refractivity contribution in [1.82, 2.24) is 9.97 Å². The van der Waals surface area contributed by atoms with Crippen LogP contribution in [0.25, 0.3) is 5.76 Å². The summed E-state index contributed by atoms with van der Waals surface area (Å²) >= 11 is 5.68. The molecule has 0 bridgehead atoms. The summed E-state index contributed by atoms with van der Waals surface area (Å²) in [6.45, 7) is 5.87. The van der Waals surface area contributed by atoms with Crippen LogP contribution in [0.1, 0.15) is 12.6 Å². The minimum Gasteiger partial charge on any atom is -0.492 e. The molecule has 0 aliphatic heterocycles. The van der Waals surface area contributed by atoms with E-state index in [-0.39, 0.29) is 10.7 Å². The molecule has 5 heteroatoms. The van der Waals surface area contributed by atoms with Crippen LogP contribution in [0, 0.1) is 0 Å². The summed E-state index contributed by atoms with van der Waals surface area (Å²) in [5, 5.41) is 0.000880. The molecule has 13 heavy (non-hydrogen) atoms. The quantitative estimate of drug-likeness (QED) is 0.751. The van der Waals surface area contributed by atoms with E-state index in [1.54, 1.807) is 0 Å². The minimum absolute atomic E-state index is 0.000880. The fourth-order valence-electron chi connectivity index (χ4n) is 0.820. The van der Waals surface area contributed by atoms with Gasteiger partial charge in [-0.25, -0.2) is 4.98 Å². The van der Waals surface area contributed by atoms with E-state index in [2.05, 4.69) is 16.5 Å². The predicted octanol–water partition coefficient (Wildman–Crippen LogP) is 1.43. The molecule has 0 atom stereocenters. The zero-order chi connectivity index (χ0) is 9.84. The summed E-state index contributed by atoms with van der Waals surface area (Å²) in [6, 6.07) is 0. The molecule has 0 fully saturated rings. The number of aromatic amines is 1. The Hall–Kier alpha value is -1.29. The third-order valence-corrected chi connectivity index (χ3v) is 1.73. The van der Waals surface area contributed by atoms with Crippen LogP contribution in [0.2, 0.25) is 5.02 Å². The third kappa shape index (κ3) is 2.09. The lowest BCUT2D eigenvalue weighted by molar-refractivity contribution is 0.297. The normalized spacial score (nSPS) is 9.69. The van der Waals surface area contributed by atoms with Crippen molar-refractivity contribution in [3.05, 3.63) is 34.0 Å². The van der Waals surface area contributed by atoms with Crippen molar-refractivity contribution in [2.45, 2.75) is 6.92 Å². The number of halogens is 1. The van der Waals surface area contributed by atoms with Gasteiger partial charge in [-0.15, -0.1) is 0 Å². The number of H-pyrrole nitrogens is 1. The van der Waals surface area contributed by atoms with Crippen LogP contribution >= 0.6 is 11.6 Å². The smallest absolute Gasteiger partial charge is 0.270 e. The first-order chi connectivity index (χ1) is 6.16. The molecule has 1 heterocycles. The Morgan fingerprint density at radius 1 is 1.85 bits per heavy atom. The molecular formula is C8H9ClN2O2. The first kappa shape index (κ1) is 9.80. The molecule has 1 aromatic heterocycles. The van der Waals surface area contributed by atoms with Crippen LogP contribution in [0.5, 0.6) is 0 Å². The summed E-state index contributed by atoms with van der Waals surface area (Å²) in [4.78, 5) is 17.2. The van der Waals surface area contributed by atoms with Crippen LogP contribution in [-0.4, -0.2) is 16.6 Å². The van der Waals surface area contributed by atoms with Crippen molar-refractivity contribution < 1.29 is 4.74 Å². The second-order valence-corrected chi connectivity index (χ2v) is 2.63. The van der Waals surface area contributed by atoms with Crippen molar-refractivity contribution in [3.8, 4) is 0 Å². The molecule has 0 amide bonds. The Labute approximate surface area is 80.2 Å². The number of nitrogens with zero attached hydrogens (tertiary/aromatic N) is 1. The van der Waals surface area contributed by atoms with Crippen LogP contribution in [0.3, 0.4) is 0 Å². The number of hydrogen-bond acceptors (Lipinski definition) is 3. The van der Waals surface area contributed by atoms with Gasteiger partial charge in [-0.2, -0.15) is 0 Å². The van der Waals surface area contributed by atoms with Gasteiger partial charge >= 0.3 is 0 Å². The predicted molar refractivity (Wildman–Crippen MR) is 50.5 cm³/mol. The fourth-order valence-corrected chi connectivity index (χ4v) is 1.03. The SMILES string of the molecule is C=C(OCC)c1nc[nH]c(=O)c1Cl. The lowest BCUT2D eigenvalue weighted by Crippen LogP contribution is -2.10. The number of aromatic nitrogens is 2. The highest BCUT2D eigenvalue weighted by Crippen LogP contribution is 2.16. The van der Waals surface area contributed by atoms with E-state index in [0.29, 0.717) is 12.4 Å². The maximum absolute atomic E-state index is 11.0. The van der Waals surface area contributed by atoms with Gasteiger partial charge in [0.25, 0.3) is 5.56 Å². The highest BCUT2D eigenvalue weighted by atomic mass is 35.5. The number of ether oxygens (including phenoxy) is 1. The molecule has 0 saturated heterocycles. The molecule has 0 aliphatic carbocycles. The minimum atomic E-state index is -0.396. The van der Waals surface area contributed by atoms with Crippen molar-refractivity contribution in [3.63, 3.8) is 0 Å². The molecule has 0 unspecified atom stereocenters. The van der Waals surface area contributed by atoms with Gasteiger partial charge in [-0.05, 0) is 6.92 Å². The lowest BCUT2D eigenvalue weighted by Gasteiger charge is -2.05. The van der Waals surface area contributed by atoms with Crippen LogP contribution in [0.4, 0.5) is 0 Å². The van der Waals surface area contributed by atoms with Gasteiger partial charge in [0.05, 0.1) is 12.9 Å². The lowest BCUT2D eigenvalue weighted by atomic mass is 10.3. The monoisotopic (exact) mass is 200 g/mol. The van der Waals surface area contributed by atoms with E-state index >= 15 is 0 Å². The fraction of sp³-hybridized carbons (Fsp3) is 0.250. The van der Waals surface area contributed by atoms with E-state index in [1.165, 1.54) is 6.33 Å². The van der Waals surface area contributed by atoms with Gasteiger partial charge in [0.2, 0.25) is 0 Å². The molecule has 70 valence electrons. The zero-order valence-electron chi connectivity index (χ0n) is 7.13. The Bertz CT molecular complexity index is 373. The molecular weight excluding hydrogens is 192 g/mol. The van der Waals surface area contributed by atoms with E-state index in [0.717, 1.165) is 0 Å². The highest BCUT2D eigenvalue weighted by Gasteiger charge is 2.09. The van der Waals surface area contributed by atoms with Crippen molar-refractivity contribution in [2.75, 3.05) is 6.61 Å². The van der Waals surface area contributed by atoms with E-state index in [4.69, 9.17) is 16.3 Å². The maximum Gasteiger partial charge on any atom is 0.270 e. The first-order valence-electron chi connectivity index (χ1n) is 3.72. The van der Waals surface area contributed by atoms with Crippen molar-refractivity contribution >= 4 is 17.4 Å². The summed E-state index contributed by atoms with van der Waals surface area (Å²) in [7, 11) is 0. The Balaban J connectivity index is 3.08. The summed E-state index contributed by atoms with van der Waals surface area (Å²) < 4.78 is 5.07. The largest absolute Gasteiger partial charge is 0.492 e. The number of rotatable bonds is 3. The van der Waals surface area contributed by atoms with Gasteiger partial charge in [0.15, 0.2) is 0 Å². The van der Waals surface area contributed by atoms with Crippen molar-refractivity contribution in [1.29, 1.82) is 0 Å². The highest BCUT2D eigenvalue weighted by molar-refractivity contribution is 6.31. The second-order valence-electron chi connectivity index (χ2n) is 2.25. The number of hydrogen-bond donors (Lipinski definition) is 1. The topological polar surface area (TPSA) is 55.0 Å². The molecule has 0 aliphatic rings. The Morgan fingerprint density at radius 3 is 3.15 bits per heavy atom. The summed E-state index contributed by atoms with van der Waals surface area (Å²) in [5.74, 6) is 0.304. The van der Waals surface area contributed by atoms with Gasteiger partial charge in [0.1, 0.15) is 16.5 Å². The van der Waals surface area contributed by atoms with Crippen molar-refractivity contribution in [2.24, 2.45) is 0 Å². The Morgan fingerprint density at radius 2 is 2.54 bits per heavy atom. The standard InChI is InChI=1S/C8H9ClN2O2/c1-3-13-5(2)7-6(9)8(12)11-4-10-7/h4H,2-3H2,1H3,(H,10,11,12). The van der Waals surface area contributed by atoms with Crippen LogP contribution < -0.4 is 5.56 Å². The first-order valence-corrected chi connectivity index (χ1v) is 4.10. The molecule has 1 aromatic rings. The second kappa shape index (κ2) is 4.09. The molecule has 0 saturated carbocycles. The molecule has 0 radical (unpaired) electrons. The molecule has 4 nitrogen and oxygen atoms in total. The third-order valence-electron chi connectivity index (χ3n) is 1.38.